The molecule has 0 aromatic heterocycles. The molecule has 0 saturated heterocycles. The Morgan fingerprint density at radius 1 is 0.463 bits per heavy atom. The monoisotopic (exact) mass is 576 g/mol. The molecule has 5 aromatic carbocycles. The first kappa shape index (κ1) is 29.1. The molecule has 5 rings (SSSR count). The minimum Gasteiger partial charge on any atom is -0.493 e. The van der Waals surface area contributed by atoms with Gasteiger partial charge in [0.25, 0.3) is 0 Å². The molecule has 0 aliphatic heterocycles. The second-order valence-corrected chi connectivity index (χ2v) is 14.8. The van der Waals surface area contributed by atoms with Gasteiger partial charge in [-0.1, -0.05) is 121 Å². The van der Waals surface area contributed by atoms with Crippen LogP contribution in [-0.2, 0) is 0 Å². The van der Waals surface area contributed by atoms with Gasteiger partial charge in [-0.05, 0) is 80.6 Å². The number of hydrogen-bond acceptors (Lipinski definition) is 2. The molecule has 0 heterocycles. The van der Waals surface area contributed by atoms with Crippen LogP contribution in [0.5, 0.6) is 11.5 Å². The third kappa shape index (κ3) is 7.45. The van der Waals surface area contributed by atoms with Gasteiger partial charge in [-0.25, -0.2) is 0 Å². The van der Waals surface area contributed by atoms with Gasteiger partial charge in [-0.15, -0.1) is 0 Å². The Hall–Kier alpha value is -3.44. The van der Waals surface area contributed by atoms with Crippen molar-refractivity contribution < 1.29 is 9.47 Å². The maximum atomic E-state index is 6.50. The summed E-state index contributed by atoms with van der Waals surface area (Å²) >= 11 is 0. The zero-order chi connectivity index (χ0) is 28.4. The molecule has 0 fully saturated rings. The lowest BCUT2D eigenvalue weighted by Crippen LogP contribution is -2.18. The average molecular weight is 577 g/mol. The molecule has 0 unspecified atom stereocenters. The van der Waals surface area contributed by atoms with Gasteiger partial charge < -0.3 is 9.47 Å². The number of ether oxygens (including phenoxy) is 2. The summed E-state index contributed by atoms with van der Waals surface area (Å²) in [6, 6.07) is 45.5. The minimum absolute atomic E-state index is 0.479. The van der Waals surface area contributed by atoms with Crippen LogP contribution in [-0.4, -0.2) is 25.5 Å². The number of benzene rings is 5. The average Bonchev–Trinajstić information content (AvgIpc) is 3.03. The maximum Gasteiger partial charge on any atom is 0.125 e. The van der Waals surface area contributed by atoms with Crippen LogP contribution in [0.2, 0.25) is 0 Å². The molecule has 41 heavy (non-hydrogen) atoms. The van der Waals surface area contributed by atoms with Crippen molar-refractivity contribution in [3.63, 3.8) is 0 Å². The van der Waals surface area contributed by atoms with Gasteiger partial charge in [0.1, 0.15) is 11.5 Å². The van der Waals surface area contributed by atoms with E-state index >= 15 is 0 Å². The summed E-state index contributed by atoms with van der Waals surface area (Å²) in [5, 5.41) is 5.54. The predicted molar refractivity (Wildman–Crippen MR) is 180 cm³/mol. The Bertz CT molecular complexity index is 1430. The second kappa shape index (κ2) is 14.5. The topological polar surface area (TPSA) is 18.5 Å². The lowest BCUT2D eigenvalue weighted by atomic mass is 10.0. The quantitative estimate of drug-likeness (QED) is 0.142. The molecule has 0 atom stereocenters. The predicted octanol–water partition coefficient (Wildman–Crippen LogP) is 7.64. The summed E-state index contributed by atoms with van der Waals surface area (Å²) < 4.78 is 12.9. The fraction of sp³-hybridized carbons (Fsp3) is 0.189. The van der Waals surface area contributed by atoms with Crippen LogP contribution in [0.1, 0.15) is 16.7 Å². The Balaban J connectivity index is 1.25. The molecule has 0 spiro atoms. The Labute approximate surface area is 247 Å². The molecular formula is C37H38O2P2. The fourth-order valence-electron chi connectivity index (χ4n) is 5.13. The van der Waals surface area contributed by atoms with E-state index in [2.05, 4.69) is 148 Å². The molecule has 0 N–H and O–H groups in total. The van der Waals surface area contributed by atoms with Crippen molar-refractivity contribution in [3.8, 4) is 11.5 Å². The SMILES string of the molecule is Cc1cc(OCCP(c2ccccc2)c2ccccc2)c(C)c(C)c1OCCP(c1ccccc1)c1ccccc1. The first-order valence-corrected chi connectivity index (χ1v) is 17.3. The molecule has 4 heteroatoms. The van der Waals surface area contributed by atoms with Crippen molar-refractivity contribution in [1.29, 1.82) is 0 Å². The molecule has 0 amide bonds. The molecule has 5 aromatic rings. The first-order chi connectivity index (χ1) is 20.1. The highest BCUT2D eigenvalue weighted by molar-refractivity contribution is 7.73. The van der Waals surface area contributed by atoms with Crippen molar-refractivity contribution in [2.75, 3.05) is 25.5 Å². The third-order valence-corrected chi connectivity index (χ3v) is 12.3. The van der Waals surface area contributed by atoms with E-state index in [1.54, 1.807) is 0 Å². The van der Waals surface area contributed by atoms with E-state index in [0.717, 1.165) is 40.5 Å². The Morgan fingerprint density at radius 2 is 0.829 bits per heavy atom. The fourth-order valence-corrected chi connectivity index (χ4v) is 9.43. The second-order valence-electron chi connectivity index (χ2n) is 10.1. The Kier molecular flexibility index (Phi) is 10.2. The third-order valence-electron chi connectivity index (χ3n) is 7.38. The Morgan fingerprint density at radius 3 is 1.22 bits per heavy atom. The number of hydrogen-bond donors (Lipinski definition) is 0. The van der Waals surface area contributed by atoms with Gasteiger partial charge in [0.05, 0.1) is 13.2 Å². The summed E-state index contributed by atoms with van der Waals surface area (Å²) in [5.41, 5.74) is 3.44. The van der Waals surface area contributed by atoms with Crippen molar-refractivity contribution in [1.82, 2.24) is 0 Å². The normalized spacial score (nSPS) is 11.1. The van der Waals surface area contributed by atoms with Crippen LogP contribution in [0, 0.1) is 20.8 Å². The summed E-state index contributed by atoms with van der Waals surface area (Å²) in [5.74, 6) is 1.95. The molecule has 0 aliphatic rings. The van der Waals surface area contributed by atoms with E-state index in [1.165, 1.54) is 21.2 Å². The van der Waals surface area contributed by atoms with Crippen molar-refractivity contribution in [2.24, 2.45) is 0 Å². The summed E-state index contributed by atoms with van der Waals surface area (Å²) in [7, 11) is -0.960. The first-order valence-electron chi connectivity index (χ1n) is 14.2. The zero-order valence-electron chi connectivity index (χ0n) is 24.2. The van der Waals surface area contributed by atoms with E-state index in [0.29, 0.717) is 13.2 Å². The number of rotatable bonds is 12. The van der Waals surface area contributed by atoms with Gasteiger partial charge in [-0.3, -0.25) is 0 Å². The highest BCUT2D eigenvalue weighted by Crippen LogP contribution is 2.37. The molecule has 0 bridgehead atoms. The van der Waals surface area contributed by atoms with Gasteiger partial charge >= 0.3 is 0 Å². The van der Waals surface area contributed by atoms with Crippen molar-refractivity contribution >= 4 is 37.1 Å². The van der Waals surface area contributed by atoms with Gasteiger partial charge in [0, 0.05) is 12.3 Å². The zero-order valence-corrected chi connectivity index (χ0v) is 26.0. The van der Waals surface area contributed by atoms with Gasteiger partial charge in [-0.2, -0.15) is 0 Å². The highest BCUT2D eigenvalue weighted by atomic mass is 31.1. The number of aryl methyl sites for hydroxylation is 1. The lowest BCUT2D eigenvalue weighted by molar-refractivity contribution is 0.327. The van der Waals surface area contributed by atoms with Crippen molar-refractivity contribution in [2.45, 2.75) is 20.8 Å². The molecule has 208 valence electrons. The van der Waals surface area contributed by atoms with Gasteiger partial charge in [0.15, 0.2) is 0 Å². The van der Waals surface area contributed by atoms with Crippen LogP contribution >= 0.6 is 15.8 Å². The van der Waals surface area contributed by atoms with Crippen LogP contribution in [0.15, 0.2) is 127 Å². The largest absolute Gasteiger partial charge is 0.493 e. The van der Waals surface area contributed by atoms with Crippen LogP contribution in [0.3, 0.4) is 0 Å². The van der Waals surface area contributed by atoms with Crippen LogP contribution < -0.4 is 30.7 Å². The van der Waals surface area contributed by atoms with E-state index < -0.39 is 15.8 Å². The van der Waals surface area contributed by atoms with Crippen LogP contribution in [0.4, 0.5) is 0 Å². The minimum atomic E-state index is -0.481. The summed E-state index contributed by atoms with van der Waals surface area (Å²) in [6.45, 7) is 7.79. The summed E-state index contributed by atoms with van der Waals surface area (Å²) in [4.78, 5) is 0. The molecule has 0 radical (unpaired) electrons. The molecule has 0 aliphatic carbocycles. The maximum absolute atomic E-state index is 6.50. The van der Waals surface area contributed by atoms with E-state index in [4.69, 9.17) is 9.47 Å². The smallest absolute Gasteiger partial charge is 0.125 e. The van der Waals surface area contributed by atoms with Crippen LogP contribution in [0.25, 0.3) is 0 Å². The standard InChI is InChI=1S/C37H38O2P2/c1-29-28-36(38-24-26-40(32-16-8-4-9-17-32)33-18-10-5-11-19-33)30(2)31(3)37(29)39-25-27-41(34-20-12-6-13-21-34)35-22-14-7-15-23-35/h4-23,28H,24-27H2,1-3H3. The van der Waals surface area contributed by atoms with E-state index in [-0.39, 0.29) is 0 Å². The van der Waals surface area contributed by atoms with E-state index in [9.17, 15) is 0 Å². The van der Waals surface area contributed by atoms with Gasteiger partial charge in [0.2, 0.25) is 0 Å². The highest BCUT2D eigenvalue weighted by Gasteiger charge is 2.18. The summed E-state index contributed by atoms with van der Waals surface area (Å²) in [6.07, 6.45) is 1.95. The van der Waals surface area contributed by atoms with Crippen molar-refractivity contribution in [3.05, 3.63) is 144 Å². The molecule has 2 nitrogen and oxygen atoms in total. The molecular weight excluding hydrogens is 538 g/mol. The van der Waals surface area contributed by atoms with E-state index in [1.807, 2.05) is 0 Å². The molecule has 0 saturated carbocycles. The lowest BCUT2D eigenvalue weighted by Gasteiger charge is -2.22.